The van der Waals surface area contributed by atoms with Gasteiger partial charge in [-0.05, 0) is 32.0 Å². The van der Waals surface area contributed by atoms with Gasteiger partial charge in [-0.15, -0.1) is 0 Å². The third-order valence-corrected chi connectivity index (χ3v) is 2.77. The molecule has 0 aliphatic carbocycles. The van der Waals surface area contributed by atoms with Crippen LogP contribution in [0.15, 0.2) is 23.1 Å². The summed E-state index contributed by atoms with van der Waals surface area (Å²) in [4.78, 5) is 11.1. The molecule has 0 aliphatic rings. The highest BCUT2D eigenvalue weighted by molar-refractivity contribution is 7.89. The molecular formula is C10H13FN2O3S. The smallest absolute Gasteiger partial charge is 0.251 e. The van der Waals surface area contributed by atoms with Crippen molar-refractivity contribution >= 4 is 15.9 Å². The molecule has 0 heterocycles. The van der Waals surface area contributed by atoms with E-state index in [0.717, 1.165) is 18.2 Å². The maximum absolute atomic E-state index is 13.2. The molecule has 5 nitrogen and oxygen atoms in total. The Morgan fingerprint density at radius 2 is 1.94 bits per heavy atom. The molecule has 0 unspecified atom stereocenters. The van der Waals surface area contributed by atoms with E-state index in [4.69, 9.17) is 5.14 Å². The van der Waals surface area contributed by atoms with Crippen LogP contribution in [0.1, 0.15) is 24.2 Å². The molecule has 0 spiro atoms. The predicted molar refractivity (Wildman–Crippen MR) is 60.4 cm³/mol. The first-order valence-electron chi connectivity index (χ1n) is 4.84. The van der Waals surface area contributed by atoms with Gasteiger partial charge < -0.3 is 5.32 Å². The number of nitrogens with one attached hydrogen (secondary N) is 1. The molecule has 0 aliphatic heterocycles. The predicted octanol–water partition coefficient (Wildman–Crippen LogP) is 0.611. The first kappa shape index (κ1) is 13.6. The lowest BCUT2D eigenvalue weighted by atomic mass is 10.2. The summed E-state index contributed by atoms with van der Waals surface area (Å²) in [6.45, 7) is 3.47. The number of hydrogen-bond acceptors (Lipinski definition) is 3. The largest absolute Gasteiger partial charge is 0.350 e. The Kier molecular flexibility index (Phi) is 3.84. The van der Waals surface area contributed by atoms with E-state index in [1.165, 1.54) is 0 Å². The van der Waals surface area contributed by atoms with Crippen molar-refractivity contribution in [3.8, 4) is 0 Å². The zero-order valence-corrected chi connectivity index (χ0v) is 10.2. The third kappa shape index (κ3) is 3.79. The Labute approximate surface area is 98.9 Å². The molecule has 1 aromatic rings. The maximum Gasteiger partial charge on any atom is 0.251 e. The van der Waals surface area contributed by atoms with Crippen LogP contribution >= 0.6 is 0 Å². The summed E-state index contributed by atoms with van der Waals surface area (Å²) in [6.07, 6.45) is 0. The van der Waals surface area contributed by atoms with Crippen LogP contribution in [-0.2, 0) is 10.0 Å². The molecule has 94 valence electrons. The fraction of sp³-hybridized carbons (Fsp3) is 0.300. The van der Waals surface area contributed by atoms with E-state index in [1.54, 1.807) is 13.8 Å². The quantitative estimate of drug-likeness (QED) is 0.834. The van der Waals surface area contributed by atoms with Crippen molar-refractivity contribution in [2.24, 2.45) is 5.14 Å². The van der Waals surface area contributed by atoms with Gasteiger partial charge in [-0.25, -0.2) is 17.9 Å². The van der Waals surface area contributed by atoms with E-state index in [-0.39, 0.29) is 11.6 Å². The van der Waals surface area contributed by atoms with E-state index in [9.17, 15) is 17.6 Å². The first-order valence-corrected chi connectivity index (χ1v) is 6.39. The van der Waals surface area contributed by atoms with E-state index in [0.29, 0.717) is 0 Å². The molecule has 0 saturated heterocycles. The van der Waals surface area contributed by atoms with E-state index < -0.39 is 26.6 Å². The molecule has 0 bridgehead atoms. The lowest BCUT2D eigenvalue weighted by Crippen LogP contribution is -2.30. The highest BCUT2D eigenvalue weighted by atomic mass is 32.2. The van der Waals surface area contributed by atoms with Gasteiger partial charge in [0.25, 0.3) is 5.91 Å². The zero-order valence-electron chi connectivity index (χ0n) is 9.40. The lowest BCUT2D eigenvalue weighted by molar-refractivity contribution is 0.0942. The van der Waals surface area contributed by atoms with Crippen LogP contribution in [0.3, 0.4) is 0 Å². The van der Waals surface area contributed by atoms with Gasteiger partial charge in [0.2, 0.25) is 10.0 Å². The van der Waals surface area contributed by atoms with Crippen molar-refractivity contribution < 1.29 is 17.6 Å². The number of carbonyl (C=O) groups is 1. The van der Waals surface area contributed by atoms with E-state index in [1.807, 2.05) is 0 Å². The number of nitrogens with two attached hydrogens (primary N) is 1. The zero-order chi connectivity index (χ0) is 13.2. The minimum Gasteiger partial charge on any atom is -0.350 e. The molecule has 0 aromatic heterocycles. The van der Waals surface area contributed by atoms with E-state index >= 15 is 0 Å². The normalized spacial score (nSPS) is 11.6. The molecule has 7 heteroatoms. The average molecular weight is 260 g/mol. The number of amides is 1. The minimum absolute atomic E-state index is 0.0808. The summed E-state index contributed by atoms with van der Waals surface area (Å²) in [5.41, 5.74) is -0.0808. The molecule has 1 rings (SSSR count). The second-order valence-electron chi connectivity index (χ2n) is 3.85. The highest BCUT2D eigenvalue weighted by Gasteiger charge is 2.15. The Hall–Kier alpha value is -1.47. The van der Waals surface area contributed by atoms with Crippen molar-refractivity contribution in [1.29, 1.82) is 0 Å². The number of benzene rings is 1. The summed E-state index contributed by atoms with van der Waals surface area (Å²) in [5, 5.41) is 7.39. The van der Waals surface area contributed by atoms with Crippen molar-refractivity contribution in [1.82, 2.24) is 5.32 Å². The standard InChI is InChI=1S/C10H13FN2O3S/c1-6(2)13-10(14)7-3-8(11)5-9(4-7)17(12,15)16/h3-6H,1-2H3,(H,13,14)(H2,12,15,16). The Morgan fingerprint density at radius 1 is 1.35 bits per heavy atom. The van der Waals surface area contributed by atoms with Crippen LogP contribution < -0.4 is 10.5 Å². The monoisotopic (exact) mass is 260 g/mol. The fourth-order valence-electron chi connectivity index (χ4n) is 1.20. The molecule has 0 saturated carbocycles. The van der Waals surface area contributed by atoms with Gasteiger partial charge in [0, 0.05) is 11.6 Å². The lowest BCUT2D eigenvalue weighted by Gasteiger charge is -2.09. The first-order chi connectivity index (χ1) is 7.70. The van der Waals surface area contributed by atoms with Crippen molar-refractivity contribution in [2.45, 2.75) is 24.8 Å². The van der Waals surface area contributed by atoms with Gasteiger partial charge in [0.15, 0.2) is 0 Å². The summed E-state index contributed by atoms with van der Waals surface area (Å²) >= 11 is 0. The van der Waals surface area contributed by atoms with Crippen LogP contribution in [0.25, 0.3) is 0 Å². The van der Waals surface area contributed by atoms with Gasteiger partial charge in [-0.1, -0.05) is 0 Å². The van der Waals surface area contributed by atoms with Crippen molar-refractivity contribution in [2.75, 3.05) is 0 Å². The SMILES string of the molecule is CC(C)NC(=O)c1cc(F)cc(S(N)(=O)=O)c1. The summed E-state index contributed by atoms with van der Waals surface area (Å²) in [6, 6.07) is 2.62. The number of rotatable bonds is 3. The molecule has 1 amide bonds. The Morgan fingerprint density at radius 3 is 2.41 bits per heavy atom. The van der Waals surface area contributed by atoms with Crippen molar-refractivity contribution in [3.63, 3.8) is 0 Å². The van der Waals surface area contributed by atoms with E-state index in [2.05, 4.69) is 5.32 Å². The molecule has 0 atom stereocenters. The number of sulfonamides is 1. The summed E-state index contributed by atoms with van der Waals surface area (Å²) in [5.74, 6) is -1.38. The summed E-state index contributed by atoms with van der Waals surface area (Å²) < 4.78 is 35.3. The minimum atomic E-state index is -4.03. The number of primary sulfonamides is 1. The van der Waals surface area contributed by atoms with Crippen LogP contribution in [-0.4, -0.2) is 20.4 Å². The molecule has 0 radical (unpaired) electrons. The van der Waals surface area contributed by atoms with Crippen LogP contribution in [0.4, 0.5) is 4.39 Å². The van der Waals surface area contributed by atoms with Gasteiger partial charge in [-0.2, -0.15) is 0 Å². The van der Waals surface area contributed by atoms with Gasteiger partial charge >= 0.3 is 0 Å². The second kappa shape index (κ2) is 4.80. The molecule has 17 heavy (non-hydrogen) atoms. The highest BCUT2D eigenvalue weighted by Crippen LogP contribution is 2.13. The number of halogens is 1. The van der Waals surface area contributed by atoms with Gasteiger partial charge in [0.1, 0.15) is 5.82 Å². The number of carbonyl (C=O) groups excluding carboxylic acids is 1. The molecule has 1 aromatic carbocycles. The van der Waals surface area contributed by atoms with Crippen LogP contribution in [0.5, 0.6) is 0 Å². The van der Waals surface area contributed by atoms with Crippen LogP contribution in [0, 0.1) is 5.82 Å². The Balaban J connectivity index is 3.19. The van der Waals surface area contributed by atoms with Crippen molar-refractivity contribution in [3.05, 3.63) is 29.6 Å². The molecule has 3 N–H and O–H groups in total. The average Bonchev–Trinajstić information content (AvgIpc) is 2.14. The van der Waals surface area contributed by atoms with Gasteiger partial charge in [-0.3, -0.25) is 4.79 Å². The third-order valence-electron chi connectivity index (χ3n) is 1.88. The molecular weight excluding hydrogens is 247 g/mol. The van der Waals surface area contributed by atoms with Gasteiger partial charge in [0.05, 0.1) is 4.90 Å². The maximum atomic E-state index is 13.2. The number of hydrogen-bond donors (Lipinski definition) is 2. The van der Waals surface area contributed by atoms with Crippen LogP contribution in [0.2, 0.25) is 0 Å². The topological polar surface area (TPSA) is 89.3 Å². The Bertz CT molecular complexity index is 540. The molecule has 0 fully saturated rings. The second-order valence-corrected chi connectivity index (χ2v) is 5.41. The fourth-order valence-corrected chi connectivity index (χ4v) is 1.77. The summed E-state index contributed by atoms with van der Waals surface area (Å²) in [7, 11) is -4.03.